The Hall–Kier alpha value is -3.81. The van der Waals surface area contributed by atoms with Crippen LogP contribution in [0.4, 0.5) is 11.4 Å². The lowest BCUT2D eigenvalue weighted by Crippen LogP contribution is -2.20. The van der Waals surface area contributed by atoms with Crippen LogP contribution in [0.1, 0.15) is 19.4 Å². The third-order valence-corrected chi connectivity index (χ3v) is 3.71. The van der Waals surface area contributed by atoms with Crippen LogP contribution in [0.15, 0.2) is 48.5 Å². The van der Waals surface area contributed by atoms with Crippen LogP contribution < -0.4 is 20.1 Å². The molecule has 2 aromatic rings. The number of methoxy groups -OCH3 is 1. The van der Waals surface area contributed by atoms with Gasteiger partial charge in [0.1, 0.15) is 0 Å². The summed E-state index contributed by atoms with van der Waals surface area (Å²) in [6, 6.07) is 11.9. The first-order chi connectivity index (χ1) is 14.4. The molecule has 0 atom stereocenters. The van der Waals surface area contributed by atoms with Gasteiger partial charge in [0, 0.05) is 24.4 Å². The SMILES string of the molecule is CCOc1cc(/C=C/C(=O)OCC(=O)Nc2cccc(NC(C)=O)c2)ccc1OC. The zero-order chi connectivity index (χ0) is 21.9. The second-order valence-electron chi connectivity index (χ2n) is 6.09. The zero-order valence-corrected chi connectivity index (χ0v) is 17.1. The van der Waals surface area contributed by atoms with Gasteiger partial charge in [-0.3, -0.25) is 9.59 Å². The molecule has 158 valence electrons. The van der Waals surface area contributed by atoms with Crippen LogP contribution in [0.2, 0.25) is 0 Å². The summed E-state index contributed by atoms with van der Waals surface area (Å²) in [5.74, 6) is -0.220. The Morgan fingerprint density at radius 3 is 2.40 bits per heavy atom. The van der Waals surface area contributed by atoms with Crippen molar-refractivity contribution in [1.82, 2.24) is 0 Å². The molecule has 2 amide bonds. The first kappa shape index (κ1) is 22.5. The smallest absolute Gasteiger partial charge is 0.331 e. The fourth-order valence-electron chi connectivity index (χ4n) is 2.49. The molecule has 0 saturated heterocycles. The molecule has 8 nitrogen and oxygen atoms in total. The van der Waals surface area contributed by atoms with Crippen LogP contribution in [-0.2, 0) is 19.1 Å². The van der Waals surface area contributed by atoms with E-state index in [1.807, 2.05) is 6.92 Å². The van der Waals surface area contributed by atoms with Gasteiger partial charge in [-0.1, -0.05) is 12.1 Å². The lowest BCUT2D eigenvalue weighted by molar-refractivity contribution is -0.142. The number of carbonyl (C=O) groups is 3. The Morgan fingerprint density at radius 2 is 1.73 bits per heavy atom. The van der Waals surface area contributed by atoms with Crippen molar-refractivity contribution in [3.05, 3.63) is 54.1 Å². The van der Waals surface area contributed by atoms with E-state index in [0.29, 0.717) is 29.5 Å². The summed E-state index contributed by atoms with van der Waals surface area (Å²) in [7, 11) is 1.55. The Labute approximate surface area is 174 Å². The molecule has 0 radical (unpaired) electrons. The van der Waals surface area contributed by atoms with Crippen molar-refractivity contribution in [2.24, 2.45) is 0 Å². The molecule has 0 aliphatic carbocycles. The Balaban J connectivity index is 1.87. The molecule has 30 heavy (non-hydrogen) atoms. The molecule has 0 saturated carbocycles. The summed E-state index contributed by atoms with van der Waals surface area (Å²) in [5.41, 5.74) is 1.74. The van der Waals surface area contributed by atoms with Crippen LogP contribution in [0.5, 0.6) is 11.5 Å². The Morgan fingerprint density at radius 1 is 1.00 bits per heavy atom. The lowest BCUT2D eigenvalue weighted by Gasteiger charge is -2.09. The average molecular weight is 412 g/mol. The summed E-state index contributed by atoms with van der Waals surface area (Å²) in [6.45, 7) is 3.29. The first-order valence-corrected chi connectivity index (χ1v) is 9.24. The van der Waals surface area contributed by atoms with E-state index < -0.39 is 18.5 Å². The predicted molar refractivity (Wildman–Crippen MR) is 114 cm³/mol. The number of anilines is 2. The van der Waals surface area contributed by atoms with Crippen LogP contribution in [0, 0.1) is 0 Å². The van der Waals surface area contributed by atoms with E-state index in [1.165, 1.54) is 13.0 Å². The number of esters is 1. The summed E-state index contributed by atoms with van der Waals surface area (Å²) in [6.07, 6.45) is 2.78. The van der Waals surface area contributed by atoms with Crippen molar-refractivity contribution < 1.29 is 28.6 Å². The number of nitrogens with one attached hydrogen (secondary N) is 2. The number of amides is 2. The number of benzene rings is 2. The molecule has 0 bridgehead atoms. The van der Waals surface area contributed by atoms with Crippen molar-refractivity contribution in [2.45, 2.75) is 13.8 Å². The summed E-state index contributed by atoms with van der Waals surface area (Å²) in [5, 5.41) is 5.22. The van der Waals surface area contributed by atoms with Crippen molar-refractivity contribution in [3.63, 3.8) is 0 Å². The molecule has 2 aromatic carbocycles. The van der Waals surface area contributed by atoms with E-state index in [0.717, 1.165) is 5.56 Å². The van der Waals surface area contributed by atoms with E-state index in [4.69, 9.17) is 14.2 Å². The van der Waals surface area contributed by atoms with Gasteiger partial charge in [-0.15, -0.1) is 0 Å². The van der Waals surface area contributed by atoms with Gasteiger partial charge in [0.2, 0.25) is 5.91 Å². The van der Waals surface area contributed by atoms with Crippen molar-refractivity contribution in [3.8, 4) is 11.5 Å². The summed E-state index contributed by atoms with van der Waals surface area (Å²) in [4.78, 5) is 35.0. The van der Waals surface area contributed by atoms with Gasteiger partial charge < -0.3 is 24.8 Å². The molecule has 8 heteroatoms. The minimum Gasteiger partial charge on any atom is -0.493 e. The number of rotatable bonds is 9. The number of hydrogen-bond donors (Lipinski definition) is 2. The van der Waals surface area contributed by atoms with E-state index in [-0.39, 0.29) is 5.91 Å². The first-order valence-electron chi connectivity index (χ1n) is 9.24. The van der Waals surface area contributed by atoms with Crippen molar-refractivity contribution in [1.29, 1.82) is 0 Å². The molecule has 2 rings (SSSR count). The van der Waals surface area contributed by atoms with E-state index in [1.54, 1.807) is 55.7 Å². The minimum atomic E-state index is -0.661. The van der Waals surface area contributed by atoms with Crippen molar-refractivity contribution >= 4 is 35.2 Å². The second-order valence-corrected chi connectivity index (χ2v) is 6.09. The molecule has 0 heterocycles. The molecule has 0 spiro atoms. The van der Waals surface area contributed by atoms with Gasteiger partial charge in [0.05, 0.1) is 13.7 Å². The van der Waals surface area contributed by atoms with Crippen LogP contribution in [0.3, 0.4) is 0 Å². The summed E-state index contributed by atoms with van der Waals surface area (Å²) < 4.78 is 15.7. The molecule has 0 fully saturated rings. The minimum absolute atomic E-state index is 0.218. The molecular weight excluding hydrogens is 388 g/mol. The molecular formula is C22H24N2O6. The standard InChI is InChI=1S/C22H24N2O6/c1-4-29-20-12-16(8-10-19(20)28-3)9-11-22(27)30-14-21(26)24-18-7-5-6-17(13-18)23-15(2)25/h5-13H,4,14H2,1-3H3,(H,23,25)(H,24,26)/b11-9+. The van der Waals surface area contributed by atoms with Gasteiger partial charge in [0.25, 0.3) is 5.91 Å². The zero-order valence-electron chi connectivity index (χ0n) is 17.1. The highest BCUT2D eigenvalue weighted by Gasteiger charge is 2.08. The summed E-state index contributed by atoms with van der Waals surface area (Å²) >= 11 is 0. The van der Waals surface area contributed by atoms with Gasteiger partial charge in [0.15, 0.2) is 18.1 Å². The fourth-order valence-corrected chi connectivity index (χ4v) is 2.49. The maximum absolute atomic E-state index is 12.0. The van der Waals surface area contributed by atoms with E-state index in [9.17, 15) is 14.4 Å². The number of ether oxygens (including phenoxy) is 3. The maximum atomic E-state index is 12.0. The van der Waals surface area contributed by atoms with Crippen LogP contribution >= 0.6 is 0 Å². The predicted octanol–water partition coefficient (Wildman–Crippen LogP) is 3.25. The van der Waals surface area contributed by atoms with Crippen LogP contribution in [-0.4, -0.2) is 38.1 Å². The van der Waals surface area contributed by atoms with Gasteiger partial charge in [-0.2, -0.15) is 0 Å². The Kier molecular flexibility index (Phi) is 8.43. The number of carbonyl (C=O) groups excluding carboxylic acids is 3. The average Bonchev–Trinajstić information content (AvgIpc) is 2.71. The molecule has 0 aliphatic rings. The highest BCUT2D eigenvalue weighted by Crippen LogP contribution is 2.28. The Bertz CT molecular complexity index is 939. The third kappa shape index (κ3) is 7.31. The van der Waals surface area contributed by atoms with E-state index in [2.05, 4.69) is 10.6 Å². The van der Waals surface area contributed by atoms with Gasteiger partial charge >= 0.3 is 5.97 Å². The molecule has 0 aromatic heterocycles. The second kappa shape index (κ2) is 11.3. The van der Waals surface area contributed by atoms with Gasteiger partial charge in [-0.05, 0) is 48.9 Å². The molecule has 0 aliphatic heterocycles. The fraction of sp³-hybridized carbons (Fsp3) is 0.227. The van der Waals surface area contributed by atoms with Crippen LogP contribution in [0.25, 0.3) is 6.08 Å². The topological polar surface area (TPSA) is 103 Å². The highest BCUT2D eigenvalue weighted by atomic mass is 16.5. The monoisotopic (exact) mass is 412 g/mol. The normalized spacial score (nSPS) is 10.4. The maximum Gasteiger partial charge on any atom is 0.331 e. The molecule has 2 N–H and O–H groups in total. The largest absolute Gasteiger partial charge is 0.493 e. The highest BCUT2D eigenvalue weighted by molar-refractivity contribution is 5.95. The lowest BCUT2D eigenvalue weighted by atomic mass is 10.2. The third-order valence-electron chi connectivity index (χ3n) is 3.71. The van der Waals surface area contributed by atoms with Crippen molar-refractivity contribution in [2.75, 3.05) is 31.0 Å². The van der Waals surface area contributed by atoms with E-state index >= 15 is 0 Å². The number of hydrogen-bond acceptors (Lipinski definition) is 6. The van der Waals surface area contributed by atoms with Gasteiger partial charge in [-0.25, -0.2) is 4.79 Å². The molecule has 0 unspecified atom stereocenters. The quantitative estimate of drug-likeness (QED) is 0.484.